The lowest BCUT2D eigenvalue weighted by molar-refractivity contribution is -0.139. The molecular formula is C20H17F3IN3O. The smallest absolute Gasteiger partial charge is 0.423 e. The van der Waals surface area contributed by atoms with Gasteiger partial charge in [-0.3, -0.25) is 0 Å². The summed E-state index contributed by atoms with van der Waals surface area (Å²) in [5, 5.41) is 0. The second-order valence-electron chi connectivity index (χ2n) is 5.86. The van der Waals surface area contributed by atoms with Crippen LogP contribution in [0.5, 0.6) is 5.88 Å². The van der Waals surface area contributed by atoms with Crippen LogP contribution in [0.2, 0.25) is 0 Å². The minimum atomic E-state index is -4.61. The van der Waals surface area contributed by atoms with Crippen LogP contribution in [0.15, 0.2) is 60.8 Å². The Labute approximate surface area is 174 Å². The molecule has 28 heavy (non-hydrogen) atoms. The maximum Gasteiger partial charge on any atom is 0.423 e. The molecule has 0 radical (unpaired) electrons. The highest BCUT2D eigenvalue weighted by Gasteiger charge is 2.36. The van der Waals surface area contributed by atoms with Gasteiger partial charge in [0.15, 0.2) is 0 Å². The van der Waals surface area contributed by atoms with Crippen LogP contribution >= 0.6 is 22.6 Å². The van der Waals surface area contributed by atoms with Crippen LogP contribution in [-0.4, -0.2) is 16.5 Å². The van der Waals surface area contributed by atoms with E-state index >= 15 is 0 Å². The minimum absolute atomic E-state index is 0.0185. The first-order chi connectivity index (χ1) is 13.4. The maximum absolute atomic E-state index is 13.4. The summed E-state index contributed by atoms with van der Waals surface area (Å²) in [6.07, 6.45) is -3.83. The molecule has 0 aliphatic heterocycles. The summed E-state index contributed by atoms with van der Waals surface area (Å²) in [4.78, 5) is 9.82. The molecule has 0 atom stereocenters. The number of anilines is 2. The number of aromatic nitrogens is 2. The van der Waals surface area contributed by atoms with Gasteiger partial charge < -0.3 is 9.64 Å². The fourth-order valence-corrected chi connectivity index (χ4v) is 3.29. The predicted molar refractivity (Wildman–Crippen MR) is 110 cm³/mol. The van der Waals surface area contributed by atoms with E-state index in [9.17, 15) is 13.2 Å². The lowest BCUT2D eigenvalue weighted by atomic mass is 10.2. The Morgan fingerprint density at radius 1 is 1.04 bits per heavy atom. The molecule has 0 unspecified atom stereocenters. The molecule has 1 heterocycles. The van der Waals surface area contributed by atoms with Crippen molar-refractivity contribution in [2.75, 3.05) is 11.4 Å². The van der Waals surface area contributed by atoms with Crippen LogP contribution in [-0.2, 0) is 12.8 Å². The molecule has 0 N–H and O–H groups in total. The lowest BCUT2D eigenvalue weighted by Gasteiger charge is -2.23. The van der Waals surface area contributed by atoms with Gasteiger partial charge in [-0.1, -0.05) is 42.5 Å². The average Bonchev–Trinajstić information content (AvgIpc) is 2.68. The van der Waals surface area contributed by atoms with E-state index in [0.29, 0.717) is 6.54 Å². The van der Waals surface area contributed by atoms with Gasteiger partial charge in [0, 0.05) is 16.3 Å². The first kappa shape index (κ1) is 20.4. The van der Waals surface area contributed by atoms with Crippen molar-refractivity contribution in [2.24, 2.45) is 0 Å². The molecule has 4 nitrogen and oxygen atoms in total. The van der Waals surface area contributed by atoms with Crippen molar-refractivity contribution in [2.45, 2.75) is 19.7 Å². The highest BCUT2D eigenvalue weighted by atomic mass is 127. The number of halogens is 4. The van der Waals surface area contributed by atoms with Gasteiger partial charge in [0.25, 0.3) is 0 Å². The second-order valence-corrected chi connectivity index (χ2v) is 7.02. The Kier molecular flexibility index (Phi) is 6.38. The van der Waals surface area contributed by atoms with Crippen molar-refractivity contribution in [3.05, 3.63) is 75.5 Å². The largest absolute Gasteiger partial charge is 0.472 e. The monoisotopic (exact) mass is 499 g/mol. The fourth-order valence-electron chi connectivity index (χ4n) is 2.61. The molecule has 0 aliphatic carbocycles. The molecule has 3 rings (SSSR count). The molecule has 0 aliphatic rings. The summed E-state index contributed by atoms with van der Waals surface area (Å²) in [5.74, 6) is -0.326. The van der Waals surface area contributed by atoms with E-state index in [1.807, 2.05) is 37.3 Å². The summed E-state index contributed by atoms with van der Waals surface area (Å²) >= 11 is 2.17. The number of hydrogen-bond acceptors (Lipinski definition) is 4. The van der Waals surface area contributed by atoms with E-state index in [0.717, 1.165) is 21.0 Å². The Bertz CT molecular complexity index is 935. The van der Waals surface area contributed by atoms with E-state index in [2.05, 4.69) is 32.6 Å². The number of nitrogens with zero attached hydrogens (tertiary/aromatic N) is 3. The number of rotatable bonds is 6. The van der Waals surface area contributed by atoms with E-state index in [-0.39, 0.29) is 12.6 Å². The zero-order chi connectivity index (χ0) is 20.1. The standard InChI is InChI=1S/C20H17F3IN3O/c1-2-27(17-11-7-6-10-16(17)24)19-25-12-15(20(21,22)23)18(26-19)28-13-14-8-4-3-5-9-14/h3-12H,2,13H2,1H3. The van der Waals surface area contributed by atoms with E-state index in [1.54, 1.807) is 29.2 Å². The second kappa shape index (κ2) is 8.76. The van der Waals surface area contributed by atoms with Gasteiger partial charge in [0.2, 0.25) is 11.8 Å². The Morgan fingerprint density at radius 2 is 1.71 bits per heavy atom. The van der Waals surface area contributed by atoms with Crippen molar-refractivity contribution >= 4 is 34.2 Å². The molecule has 8 heteroatoms. The van der Waals surface area contributed by atoms with Crippen LogP contribution in [0.3, 0.4) is 0 Å². The lowest BCUT2D eigenvalue weighted by Crippen LogP contribution is -2.21. The molecular weight excluding hydrogens is 482 g/mol. The maximum atomic E-state index is 13.4. The van der Waals surface area contributed by atoms with Crippen LogP contribution in [0.4, 0.5) is 24.8 Å². The summed E-state index contributed by atoms with van der Waals surface area (Å²) in [5.41, 5.74) is 0.575. The van der Waals surface area contributed by atoms with Crippen molar-refractivity contribution in [3.8, 4) is 5.88 Å². The quantitative estimate of drug-likeness (QED) is 0.400. The molecule has 0 spiro atoms. The molecule has 146 valence electrons. The Balaban J connectivity index is 1.98. The zero-order valence-electron chi connectivity index (χ0n) is 14.9. The average molecular weight is 499 g/mol. The third-order valence-corrected chi connectivity index (χ3v) is 4.88. The molecule has 0 saturated heterocycles. The Morgan fingerprint density at radius 3 is 2.36 bits per heavy atom. The number of benzene rings is 2. The molecule has 0 amide bonds. The van der Waals surface area contributed by atoms with E-state index < -0.39 is 17.6 Å². The summed E-state index contributed by atoms with van der Waals surface area (Å²) in [6.45, 7) is 2.35. The van der Waals surface area contributed by atoms with E-state index in [4.69, 9.17) is 4.74 Å². The summed E-state index contributed by atoms with van der Waals surface area (Å²) in [7, 11) is 0. The third-order valence-electron chi connectivity index (χ3n) is 3.97. The molecule has 0 saturated carbocycles. The van der Waals surface area contributed by atoms with Gasteiger partial charge >= 0.3 is 6.18 Å². The molecule has 2 aromatic carbocycles. The van der Waals surface area contributed by atoms with Crippen LogP contribution < -0.4 is 9.64 Å². The highest BCUT2D eigenvalue weighted by Crippen LogP contribution is 2.37. The van der Waals surface area contributed by atoms with Crippen molar-refractivity contribution in [1.29, 1.82) is 0 Å². The SMILES string of the molecule is CCN(c1ncc(C(F)(F)F)c(OCc2ccccc2)n1)c1ccccc1I. The van der Waals surface area contributed by atoms with Crippen LogP contribution in [0.25, 0.3) is 0 Å². The predicted octanol–water partition coefficient (Wildman–Crippen LogP) is 5.84. The van der Waals surface area contributed by atoms with Crippen molar-refractivity contribution in [3.63, 3.8) is 0 Å². The van der Waals surface area contributed by atoms with E-state index in [1.165, 1.54) is 0 Å². The van der Waals surface area contributed by atoms with Crippen molar-refractivity contribution < 1.29 is 17.9 Å². The van der Waals surface area contributed by atoms with Gasteiger partial charge in [-0.15, -0.1) is 0 Å². The topological polar surface area (TPSA) is 38.2 Å². The first-order valence-corrected chi connectivity index (χ1v) is 9.61. The summed E-state index contributed by atoms with van der Waals surface area (Å²) in [6, 6.07) is 16.5. The number of alkyl halides is 3. The number of hydrogen-bond donors (Lipinski definition) is 0. The molecule has 3 aromatic rings. The number of para-hydroxylation sites is 1. The third kappa shape index (κ3) is 4.73. The van der Waals surface area contributed by atoms with Gasteiger partial charge in [0.05, 0.1) is 5.69 Å². The Hall–Kier alpha value is -2.36. The van der Waals surface area contributed by atoms with Crippen LogP contribution in [0.1, 0.15) is 18.1 Å². The first-order valence-electron chi connectivity index (χ1n) is 8.53. The van der Waals surface area contributed by atoms with Gasteiger partial charge in [-0.2, -0.15) is 18.2 Å². The molecule has 0 bridgehead atoms. The van der Waals surface area contributed by atoms with Gasteiger partial charge in [0.1, 0.15) is 12.2 Å². The zero-order valence-corrected chi connectivity index (χ0v) is 17.1. The fraction of sp³-hybridized carbons (Fsp3) is 0.200. The molecule has 1 aromatic heterocycles. The molecule has 0 fully saturated rings. The van der Waals surface area contributed by atoms with Gasteiger partial charge in [-0.05, 0) is 47.2 Å². The van der Waals surface area contributed by atoms with Crippen LogP contribution in [0, 0.1) is 3.57 Å². The normalized spacial score (nSPS) is 11.3. The minimum Gasteiger partial charge on any atom is -0.472 e. The van der Waals surface area contributed by atoms with Crippen molar-refractivity contribution in [1.82, 2.24) is 9.97 Å². The number of ether oxygens (including phenoxy) is 1. The summed E-state index contributed by atoms with van der Waals surface area (Å²) < 4.78 is 46.6. The van der Waals surface area contributed by atoms with Gasteiger partial charge in [-0.25, -0.2) is 4.98 Å². The highest BCUT2D eigenvalue weighted by molar-refractivity contribution is 14.1.